The fourth-order valence-corrected chi connectivity index (χ4v) is 3.91. The number of likely N-dealkylation sites (tertiary alicyclic amines) is 1. The molecule has 1 aliphatic heterocycles. The molecular weight excluding hydrogens is 366 g/mol. The fourth-order valence-electron chi connectivity index (χ4n) is 3.91. The maximum Gasteiger partial charge on any atom is 0.325 e. The molecule has 1 aliphatic rings. The number of methoxy groups -OCH3 is 1. The zero-order valence-corrected chi connectivity index (χ0v) is 15.5. The number of benzene rings is 1. The summed E-state index contributed by atoms with van der Waals surface area (Å²) in [5.74, 6) is -2.02. The van der Waals surface area contributed by atoms with Gasteiger partial charge in [0.25, 0.3) is 0 Å². The van der Waals surface area contributed by atoms with Gasteiger partial charge in [0.15, 0.2) is 0 Å². The number of amides is 1. The fraction of sp³-hybridized carbons (Fsp3) is 0.421. The van der Waals surface area contributed by atoms with Crippen LogP contribution in [-0.2, 0) is 20.9 Å². The lowest BCUT2D eigenvalue weighted by Crippen LogP contribution is -2.44. The number of aryl methyl sites for hydroxylation is 1. The van der Waals surface area contributed by atoms with Crippen LogP contribution in [0.25, 0.3) is 10.9 Å². The topological polar surface area (TPSA) is 135 Å². The number of carbonyl (C=O) groups is 3. The molecule has 3 rings (SSSR count). The van der Waals surface area contributed by atoms with Crippen LogP contribution in [0.1, 0.15) is 30.9 Å². The van der Waals surface area contributed by atoms with Gasteiger partial charge in [-0.3, -0.25) is 19.3 Å². The largest absolute Gasteiger partial charge is 0.497 e. The molecule has 0 bridgehead atoms. The minimum Gasteiger partial charge on any atom is -0.497 e. The summed E-state index contributed by atoms with van der Waals surface area (Å²) in [7, 11) is 1.51. The first-order valence-electron chi connectivity index (χ1n) is 9.00. The Balaban J connectivity index is 2.13. The first kappa shape index (κ1) is 19.7. The Hall–Kier alpha value is -3.07. The van der Waals surface area contributed by atoms with Gasteiger partial charge in [-0.25, -0.2) is 0 Å². The Morgan fingerprint density at radius 1 is 1.32 bits per heavy atom. The number of nitrogens with two attached hydrogens (primary N) is 1. The lowest BCUT2D eigenvalue weighted by Gasteiger charge is -2.28. The second kappa shape index (κ2) is 7.89. The van der Waals surface area contributed by atoms with E-state index in [0.29, 0.717) is 41.6 Å². The highest BCUT2D eigenvalue weighted by molar-refractivity contribution is 5.91. The van der Waals surface area contributed by atoms with Crippen LogP contribution in [0.5, 0.6) is 5.75 Å². The number of carbonyl (C=O) groups excluding carboxylic acids is 1. The van der Waals surface area contributed by atoms with E-state index >= 15 is 0 Å². The molecule has 0 unspecified atom stereocenters. The zero-order valence-electron chi connectivity index (χ0n) is 15.5. The van der Waals surface area contributed by atoms with Crippen molar-refractivity contribution < 1.29 is 29.3 Å². The highest BCUT2D eigenvalue weighted by atomic mass is 16.5. The maximum absolute atomic E-state index is 12.2. The number of primary amides is 1. The van der Waals surface area contributed by atoms with Crippen molar-refractivity contribution >= 4 is 28.7 Å². The zero-order chi connectivity index (χ0) is 20.4. The molecule has 9 nitrogen and oxygen atoms in total. The van der Waals surface area contributed by atoms with Crippen molar-refractivity contribution in [3.63, 3.8) is 0 Å². The van der Waals surface area contributed by atoms with Gasteiger partial charge in [-0.2, -0.15) is 0 Å². The molecule has 0 saturated carbocycles. The standard InChI is InChI=1S/C19H23N3O6/c1-28-11-4-5-14-12(9-11)13(10-21(14)8-6-16(23)24)17(19(26)27)22-7-2-3-15(22)18(20)25/h4-5,9-10,15,17H,2-3,6-8H2,1H3,(H2,20,25)(H,23,24)(H,26,27)/t15-,17+/m0/s1. The number of hydrogen-bond donors (Lipinski definition) is 3. The Bertz CT molecular complexity index is 922. The lowest BCUT2D eigenvalue weighted by atomic mass is 10.0. The minimum absolute atomic E-state index is 0.0966. The van der Waals surface area contributed by atoms with Crippen LogP contribution in [0.3, 0.4) is 0 Å². The number of hydrogen-bond acceptors (Lipinski definition) is 5. The average molecular weight is 389 g/mol. The number of fused-ring (bicyclic) bond motifs is 1. The van der Waals surface area contributed by atoms with E-state index in [1.54, 1.807) is 33.9 Å². The number of rotatable bonds is 8. The molecule has 4 N–H and O–H groups in total. The van der Waals surface area contributed by atoms with Crippen LogP contribution in [0.2, 0.25) is 0 Å². The minimum atomic E-state index is -1.09. The molecule has 1 saturated heterocycles. The molecule has 1 fully saturated rings. The predicted octanol–water partition coefficient (Wildman–Crippen LogP) is 1.20. The molecule has 2 aromatic rings. The van der Waals surface area contributed by atoms with E-state index in [2.05, 4.69) is 0 Å². The third-order valence-corrected chi connectivity index (χ3v) is 5.17. The van der Waals surface area contributed by atoms with Crippen molar-refractivity contribution in [3.8, 4) is 5.75 Å². The number of carboxylic acids is 2. The summed E-state index contributed by atoms with van der Waals surface area (Å²) in [5.41, 5.74) is 6.68. The van der Waals surface area contributed by atoms with Gasteiger partial charge < -0.3 is 25.3 Å². The molecule has 0 radical (unpaired) electrons. The third-order valence-electron chi connectivity index (χ3n) is 5.17. The van der Waals surface area contributed by atoms with Crippen LogP contribution in [0.15, 0.2) is 24.4 Å². The summed E-state index contributed by atoms with van der Waals surface area (Å²) in [6.07, 6.45) is 2.75. The second-order valence-electron chi connectivity index (χ2n) is 6.84. The molecule has 9 heteroatoms. The quantitative estimate of drug-likeness (QED) is 0.617. The monoisotopic (exact) mass is 389 g/mol. The van der Waals surface area contributed by atoms with Gasteiger partial charge in [0.2, 0.25) is 5.91 Å². The van der Waals surface area contributed by atoms with Crippen LogP contribution < -0.4 is 10.5 Å². The Kier molecular flexibility index (Phi) is 5.55. The first-order valence-corrected chi connectivity index (χ1v) is 9.00. The predicted molar refractivity (Wildman–Crippen MR) is 100 cm³/mol. The number of ether oxygens (including phenoxy) is 1. The second-order valence-corrected chi connectivity index (χ2v) is 6.84. The van der Waals surface area contributed by atoms with Crippen molar-refractivity contribution in [1.82, 2.24) is 9.47 Å². The molecule has 1 aromatic heterocycles. The lowest BCUT2D eigenvalue weighted by molar-refractivity contribution is -0.145. The molecule has 2 atom stereocenters. The summed E-state index contributed by atoms with van der Waals surface area (Å²) in [5, 5.41) is 19.6. The van der Waals surface area contributed by atoms with Crippen LogP contribution in [-0.4, -0.2) is 57.2 Å². The van der Waals surface area contributed by atoms with E-state index in [9.17, 15) is 19.5 Å². The summed E-state index contributed by atoms with van der Waals surface area (Å²) < 4.78 is 7.00. The molecule has 0 aliphatic carbocycles. The number of aromatic nitrogens is 1. The summed E-state index contributed by atoms with van der Waals surface area (Å²) >= 11 is 0. The van der Waals surface area contributed by atoms with Crippen molar-refractivity contribution in [3.05, 3.63) is 30.0 Å². The van der Waals surface area contributed by atoms with Crippen molar-refractivity contribution in [2.45, 2.75) is 37.9 Å². The smallest absolute Gasteiger partial charge is 0.325 e. The van der Waals surface area contributed by atoms with E-state index in [0.717, 1.165) is 0 Å². The van der Waals surface area contributed by atoms with Crippen molar-refractivity contribution in [2.75, 3.05) is 13.7 Å². The van der Waals surface area contributed by atoms with Gasteiger partial charge in [0.05, 0.1) is 19.6 Å². The van der Waals surface area contributed by atoms with Crippen LogP contribution >= 0.6 is 0 Å². The molecule has 0 spiro atoms. The summed E-state index contributed by atoms with van der Waals surface area (Å²) in [6, 6.07) is 3.52. The molecule has 2 heterocycles. The van der Waals surface area contributed by atoms with Crippen LogP contribution in [0.4, 0.5) is 0 Å². The molecular formula is C19H23N3O6. The van der Waals surface area contributed by atoms with Gasteiger partial charge >= 0.3 is 11.9 Å². The maximum atomic E-state index is 12.2. The molecule has 1 aromatic carbocycles. The van der Waals surface area contributed by atoms with E-state index in [-0.39, 0.29) is 13.0 Å². The van der Waals surface area contributed by atoms with E-state index < -0.39 is 29.9 Å². The highest BCUT2D eigenvalue weighted by Crippen LogP contribution is 2.36. The molecule has 28 heavy (non-hydrogen) atoms. The van der Waals surface area contributed by atoms with Crippen molar-refractivity contribution in [1.29, 1.82) is 0 Å². The SMILES string of the molecule is COc1ccc2c(c1)c([C@H](C(=O)O)N1CCC[C@H]1C(N)=O)cn2CCC(=O)O. The summed E-state index contributed by atoms with van der Waals surface area (Å²) in [4.78, 5) is 36.6. The normalized spacial score (nSPS) is 18.2. The van der Waals surface area contributed by atoms with Gasteiger partial charge in [0, 0.05) is 35.8 Å². The van der Waals surface area contributed by atoms with E-state index in [1.165, 1.54) is 7.11 Å². The Morgan fingerprint density at radius 3 is 2.68 bits per heavy atom. The number of carboxylic acid groups (broad SMARTS) is 2. The van der Waals surface area contributed by atoms with E-state index in [4.69, 9.17) is 15.6 Å². The first-order chi connectivity index (χ1) is 13.3. The van der Waals surface area contributed by atoms with Crippen molar-refractivity contribution in [2.24, 2.45) is 5.73 Å². The molecule has 150 valence electrons. The third kappa shape index (κ3) is 3.65. The van der Waals surface area contributed by atoms with Gasteiger partial charge in [-0.1, -0.05) is 0 Å². The Labute approximate surface area is 161 Å². The van der Waals surface area contributed by atoms with Gasteiger partial charge in [-0.15, -0.1) is 0 Å². The van der Waals surface area contributed by atoms with Gasteiger partial charge in [-0.05, 0) is 31.0 Å². The average Bonchev–Trinajstić information content (AvgIpc) is 3.25. The summed E-state index contributed by atoms with van der Waals surface area (Å²) in [6.45, 7) is 0.639. The number of nitrogens with zero attached hydrogens (tertiary/aromatic N) is 2. The van der Waals surface area contributed by atoms with Gasteiger partial charge in [0.1, 0.15) is 11.8 Å². The van der Waals surface area contributed by atoms with Crippen LogP contribution in [0, 0.1) is 0 Å². The number of aliphatic carboxylic acids is 2. The van der Waals surface area contributed by atoms with E-state index in [1.807, 2.05) is 0 Å². The Morgan fingerprint density at radius 2 is 2.07 bits per heavy atom. The highest BCUT2D eigenvalue weighted by Gasteiger charge is 2.40. The molecule has 1 amide bonds.